The molecule has 24 heavy (non-hydrogen) atoms. The van der Waals surface area contributed by atoms with Gasteiger partial charge in [-0.15, -0.1) is 0 Å². The fourth-order valence-corrected chi connectivity index (χ4v) is 3.36. The Labute approximate surface area is 141 Å². The van der Waals surface area contributed by atoms with Crippen LogP contribution in [-0.2, 0) is 13.0 Å². The second-order valence-corrected chi connectivity index (χ2v) is 6.30. The normalized spacial score (nSPS) is 17.0. The molecule has 3 aromatic rings. The van der Waals surface area contributed by atoms with Gasteiger partial charge in [-0.2, -0.15) is 0 Å². The van der Waals surface area contributed by atoms with Crippen molar-refractivity contribution < 1.29 is 9.21 Å². The lowest BCUT2D eigenvalue weighted by atomic mass is 9.89. The van der Waals surface area contributed by atoms with Crippen molar-refractivity contribution in [2.45, 2.75) is 25.9 Å². The van der Waals surface area contributed by atoms with Crippen molar-refractivity contribution in [1.29, 1.82) is 0 Å². The monoisotopic (exact) mass is 317 g/mol. The Kier molecular flexibility index (Phi) is 3.69. The van der Waals surface area contributed by atoms with Gasteiger partial charge in [0.2, 0.25) is 0 Å². The molecule has 3 heteroatoms. The molecule has 0 radical (unpaired) electrons. The minimum absolute atomic E-state index is 0.0260. The number of nitrogens with zero attached hydrogens (tertiary/aromatic N) is 1. The van der Waals surface area contributed by atoms with E-state index in [2.05, 4.69) is 37.3 Å². The lowest BCUT2D eigenvalue weighted by Crippen LogP contribution is -2.39. The maximum Gasteiger partial charge on any atom is 0.255 e. The van der Waals surface area contributed by atoms with Crippen molar-refractivity contribution in [3.63, 3.8) is 0 Å². The van der Waals surface area contributed by atoms with Crippen LogP contribution in [0.15, 0.2) is 71.3 Å². The first-order valence-electron chi connectivity index (χ1n) is 8.20. The van der Waals surface area contributed by atoms with Crippen LogP contribution >= 0.6 is 0 Å². The van der Waals surface area contributed by atoms with E-state index in [1.54, 1.807) is 6.26 Å². The van der Waals surface area contributed by atoms with Gasteiger partial charge in [0.1, 0.15) is 5.76 Å². The van der Waals surface area contributed by atoms with E-state index in [1.807, 2.05) is 35.2 Å². The predicted molar refractivity (Wildman–Crippen MR) is 92.6 cm³/mol. The molecule has 0 bridgehead atoms. The second kappa shape index (κ2) is 6.00. The lowest BCUT2D eigenvalue weighted by molar-refractivity contribution is 0.0612. The van der Waals surface area contributed by atoms with E-state index in [0.717, 1.165) is 28.9 Å². The highest BCUT2D eigenvalue weighted by molar-refractivity contribution is 5.97. The summed E-state index contributed by atoms with van der Waals surface area (Å²) in [4.78, 5) is 15.0. The smallest absolute Gasteiger partial charge is 0.255 e. The first-order chi connectivity index (χ1) is 11.7. The molecule has 0 saturated carbocycles. The first-order valence-corrected chi connectivity index (χ1v) is 8.20. The van der Waals surface area contributed by atoms with Crippen molar-refractivity contribution in [1.82, 2.24) is 4.90 Å². The van der Waals surface area contributed by atoms with Crippen LogP contribution in [0.5, 0.6) is 0 Å². The van der Waals surface area contributed by atoms with Gasteiger partial charge in [0.05, 0.1) is 18.8 Å². The third kappa shape index (κ3) is 2.62. The van der Waals surface area contributed by atoms with Crippen LogP contribution < -0.4 is 0 Å². The summed E-state index contributed by atoms with van der Waals surface area (Å²) in [6.45, 7) is 2.56. The Morgan fingerprint density at radius 1 is 1.04 bits per heavy atom. The Morgan fingerprint density at radius 2 is 1.83 bits per heavy atom. The zero-order valence-corrected chi connectivity index (χ0v) is 13.6. The van der Waals surface area contributed by atoms with E-state index in [-0.39, 0.29) is 11.9 Å². The number of amides is 1. The van der Waals surface area contributed by atoms with Gasteiger partial charge >= 0.3 is 0 Å². The van der Waals surface area contributed by atoms with Crippen LogP contribution in [0.25, 0.3) is 0 Å². The van der Waals surface area contributed by atoms with Gasteiger partial charge in [0.25, 0.3) is 5.91 Å². The average molecular weight is 317 g/mol. The van der Waals surface area contributed by atoms with Gasteiger partial charge in [-0.25, -0.2) is 0 Å². The number of fused-ring (bicyclic) bond motifs is 1. The number of hydrogen-bond donors (Lipinski definition) is 0. The van der Waals surface area contributed by atoms with Gasteiger partial charge in [-0.1, -0.05) is 48.0 Å². The van der Waals surface area contributed by atoms with E-state index in [0.29, 0.717) is 6.54 Å². The van der Waals surface area contributed by atoms with Crippen LogP contribution in [0.1, 0.15) is 38.9 Å². The molecule has 0 fully saturated rings. The molecule has 120 valence electrons. The van der Waals surface area contributed by atoms with E-state index in [9.17, 15) is 4.79 Å². The number of benzene rings is 2. The van der Waals surface area contributed by atoms with Gasteiger partial charge in [0.15, 0.2) is 0 Å². The first kappa shape index (κ1) is 14.8. The fourth-order valence-electron chi connectivity index (χ4n) is 3.36. The molecule has 1 aliphatic rings. The third-order valence-electron chi connectivity index (χ3n) is 4.67. The summed E-state index contributed by atoms with van der Waals surface area (Å²) in [6, 6.07) is 20.1. The molecule has 0 aliphatic carbocycles. The maximum absolute atomic E-state index is 13.1. The highest BCUT2D eigenvalue weighted by Gasteiger charge is 2.33. The SMILES string of the molecule is Cc1ccc([C@@H]2Cc3ccccc3C(=O)N2Cc2ccco2)cc1. The zero-order chi connectivity index (χ0) is 16.5. The van der Waals surface area contributed by atoms with Crippen molar-refractivity contribution in [2.75, 3.05) is 0 Å². The summed E-state index contributed by atoms with van der Waals surface area (Å²) in [6.07, 6.45) is 2.48. The highest BCUT2D eigenvalue weighted by Crippen LogP contribution is 2.34. The summed E-state index contributed by atoms with van der Waals surface area (Å²) in [5.41, 5.74) is 4.30. The van der Waals surface area contributed by atoms with E-state index >= 15 is 0 Å². The molecule has 0 N–H and O–H groups in total. The average Bonchev–Trinajstić information content (AvgIpc) is 3.11. The molecule has 3 nitrogen and oxygen atoms in total. The summed E-state index contributed by atoms with van der Waals surface area (Å²) in [5.74, 6) is 0.874. The zero-order valence-electron chi connectivity index (χ0n) is 13.6. The number of aryl methyl sites for hydroxylation is 1. The topological polar surface area (TPSA) is 33.5 Å². The molecule has 2 heterocycles. The number of hydrogen-bond acceptors (Lipinski definition) is 2. The Morgan fingerprint density at radius 3 is 2.58 bits per heavy atom. The fraction of sp³-hybridized carbons (Fsp3) is 0.190. The molecule has 1 aliphatic heterocycles. The van der Waals surface area contributed by atoms with Crippen molar-refractivity contribution in [3.05, 3.63) is 94.9 Å². The highest BCUT2D eigenvalue weighted by atomic mass is 16.3. The molecule has 1 atom stereocenters. The van der Waals surface area contributed by atoms with Gasteiger partial charge in [-0.3, -0.25) is 4.79 Å². The predicted octanol–water partition coefficient (Wildman–Crippen LogP) is 4.53. The molecular weight excluding hydrogens is 298 g/mol. The quantitative estimate of drug-likeness (QED) is 0.711. The summed E-state index contributed by atoms with van der Waals surface area (Å²) >= 11 is 0. The van der Waals surface area contributed by atoms with Crippen molar-refractivity contribution in [2.24, 2.45) is 0 Å². The Balaban J connectivity index is 1.76. The number of rotatable bonds is 3. The lowest BCUT2D eigenvalue weighted by Gasteiger charge is -2.36. The van der Waals surface area contributed by atoms with Crippen LogP contribution in [0.2, 0.25) is 0 Å². The molecular formula is C21H19NO2. The Bertz CT molecular complexity index is 850. The van der Waals surface area contributed by atoms with Crippen molar-refractivity contribution in [3.8, 4) is 0 Å². The van der Waals surface area contributed by atoms with Crippen LogP contribution in [0, 0.1) is 6.92 Å². The third-order valence-corrected chi connectivity index (χ3v) is 4.67. The standard InChI is InChI=1S/C21H19NO2/c1-15-8-10-16(11-9-15)20-13-17-5-2-3-7-19(17)21(23)22(20)14-18-6-4-12-24-18/h2-12,20H,13-14H2,1H3/t20-/m0/s1. The van der Waals surface area contributed by atoms with E-state index < -0.39 is 0 Å². The maximum atomic E-state index is 13.1. The molecule has 1 amide bonds. The van der Waals surface area contributed by atoms with Crippen LogP contribution in [-0.4, -0.2) is 10.8 Å². The second-order valence-electron chi connectivity index (χ2n) is 6.30. The minimum Gasteiger partial charge on any atom is -0.467 e. The summed E-state index contributed by atoms with van der Waals surface area (Å²) in [7, 11) is 0. The largest absolute Gasteiger partial charge is 0.467 e. The summed E-state index contributed by atoms with van der Waals surface area (Å²) < 4.78 is 5.48. The van der Waals surface area contributed by atoms with Gasteiger partial charge in [0, 0.05) is 5.56 Å². The molecule has 0 unspecified atom stereocenters. The number of carbonyl (C=O) groups is 1. The molecule has 4 rings (SSSR count). The number of furan rings is 1. The van der Waals surface area contributed by atoms with Crippen LogP contribution in [0.3, 0.4) is 0 Å². The number of carbonyl (C=O) groups excluding carboxylic acids is 1. The Hall–Kier alpha value is -2.81. The molecule has 1 aromatic heterocycles. The molecule has 2 aromatic carbocycles. The van der Waals surface area contributed by atoms with E-state index in [4.69, 9.17) is 4.42 Å². The minimum atomic E-state index is 0.0260. The summed E-state index contributed by atoms with van der Waals surface area (Å²) in [5, 5.41) is 0. The van der Waals surface area contributed by atoms with Gasteiger partial charge in [-0.05, 0) is 42.7 Å². The molecule has 0 spiro atoms. The van der Waals surface area contributed by atoms with Crippen molar-refractivity contribution >= 4 is 5.91 Å². The van der Waals surface area contributed by atoms with E-state index in [1.165, 1.54) is 5.56 Å². The van der Waals surface area contributed by atoms with Gasteiger partial charge < -0.3 is 9.32 Å². The van der Waals surface area contributed by atoms with Crippen LogP contribution in [0.4, 0.5) is 0 Å². The molecule has 0 saturated heterocycles.